The van der Waals surface area contributed by atoms with Gasteiger partial charge in [0.15, 0.2) is 0 Å². The summed E-state index contributed by atoms with van der Waals surface area (Å²) in [6.07, 6.45) is 4.16. The molecule has 0 bridgehead atoms. The molecule has 2 heterocycles. The van der Waals surface area contributed by atoms with Crippen molar-refractivity contribution < 1.29 is 9.59 Å². The average Bonchev–Trinajstić information content (AvgIpc) is 3.22. The number of rotatable bonds is 5. The van der Waals surface area contributed by atoms with Crippen LogP contribution in [0, 0.1) is 0 Å². The lowest BCUT2D eigenvalue weighted by atomic mass is 9.90. The normalized spacial score (nSPS) is 15.6. The number of amides is 2. The van der Waals surface area contributed by atoms with E-state index in [4.69, 9.17) is 0 Å². The molecule has 1 aliphatic rings. The van der Waals surface area contributed by atoms with Crippen molar-refractivity contribution in [1.82, 2.24) is 19.7 Å². The molecule has 1 N–H and O–H groups in total. The lowest BCUT2D eigenvalue weighted by Crippen LogP contribution is -2.40. The zero-order valence-electron chi connectivity index (χ0n) is 16.3. The molecular formula is C22H23N5O2. The molecular weight excluding hydrogens is 366 g/mol. The van der Waals surface area contributed by atoms with Crippen LogP contribution in [0.4, 0.5) is 5.69 Å². The summed E-state index contributed by atoms with van der Waals surface area (Å²) in [5.41, 5.74) is 3.94. The first kappa shape index (κ1) is 18.9. The molecule has 0 radical (unpaired) electrons. The highest BCUT2D eigenvalue weighted by Gasteiger charge is 2.30. The third kappa shape index (κ3) is 4.18. The first-order valence-electron chi connectivity index (χ1n) is 9.67. The van der Waals surface area contributed by atoms with Crippen molar-refractivity contribution in [3.8, 4) is 0 Å². The number of nitrogens with one attached hydrogen (secondary N) is 1. The van der Waals surface area contributed by atoms with Gasteiger partial charge in [0.1, 0.15) is 12.7 Å². The number of anilines is 1. The highest BCUT2D eigenvalue weighted by molar-refractivity contribution is 5.92. The Balaban J connectivity index is 1.53. The molecule has 0 saturated heterocycles. The molecule has 7 heteroatoms. The molecule has 3 aromatic rings. The standard InChI is InChI=1S/C22H23N5O2/c1-16(28)27-11-10-17-6-2-4-8-19(17)21(27)12-22(29)25-20-9-5-3-7-18(20)13-26-15-23-14-24-26/h2-9,14-15,21H,10-13H2,1H3,(H,25,29). The summed E-state index contributed by atoms with van der Waals surface area (Å²) in [4.78, 5) is 30.9. The number of carbonyl (C=O) groups excluding carboxylic acids is 2. The molecule has 0 spiro atoms. The van der Waals surface area contributed by atoms with E-state index in [-0.39, 0.29) is 24.3 Å². The summed E-state index contributed by atoms with van der Waals surface area (Å²) in [6.45, 7) is 2.71. The summed E-state index contributed by atoms with van der Waals surface area (Å²) < 4.78 is 1.71. The quantitative estimate of drug-likeness (QED) is 0.728. The number of benzene rings is 2. The van der Waals surface area contributed by atoms with Gasteiger partial charge in [-0.3, -0.25) is 9.59 Å². The lowest BCUT2D eigenvalue weighted by Gasteiger charge is -2.36. The Hall–Kier alpha value is -3.48. The highest BCUT2D eigenvalue weighted by atomic mass is 16.2. The van der Waals surface area contributed by atoms with E-state index in [1.165, 1.54) is 11.9 Å². The Morgan fingerprint density at radius 2 is 1.93 bits per heavy atom. The predicted octanol–water partition coefficient (Wildman–Crippen LogP) is 2.80. The Bertz CT molecular complexity index is 1020. The van der Waals surface area contributed by atoms with E-state index in [1.54, 1.807) is 22.8 Å². The third-order valence-electron chi connectivity index (χ3n) is 5.29. The van der Waals surface area contributed by atoms with Crippen LogP contribution in [-0.2, 0) is 22.6 Å². The van der Waals surface area contributed by atoms with E-state index in [0.29, 0.717) is 13.1 Å². The van der Waals surface area contributed by atoms with Crippen LogP contribution in [0.2, 0.25) is 0 Å². The van der Waals surface area contributed by atoms with Crippen molar-refractivity contribution in [3.05, 3.63) is 77.9 Å². The van der Waals surface area contributed by atoms with Gasteiger partial charge in [-0.15, -0.1) is 0 Å². The van der Waals surface area contributed by atoms with Crippen molar-refractivity contribution in [1.29, 1.82) is 0 Å². The topological polar surface area (TPSA) is 80.1 Å². The summed E-state index contributed by atoms with van der Waals surface area (Å²) in [5.74, 6) is -0.132. The molecule has 1 atom stereocenters. The molecule has 4 rings (SSSR count). The Kier molecular flexibility index (Phi) is 5.37. The summed E-state index contributed by atoms with van der Waals surface area (Å²) in [5, 5.41) is 7.15. The molecule has 7 nitrogen and oxygen atoms in total. The number of fused-ring (bicyclic) bond motifs is 1. The molecule has 0 aliphatic carbocycles. The van der Waals surface area contributed by atoms with E-state index in [1.807, 2.05) is 42.5 Å². The molecule has 148 valence electrons. The Morgan fingerprint density at radius 1 is 1.14 bits per heavy atom. The fraction of sp³-hybridized carbons (Fsp3) is 0.273. The molecule has 2 amide bonds. The maximum Gasteiger partial charge on any atom is 0.226 e. The zero-order chi connectivity index (χ0) is 20.2. The second kappa shape index (κ2) is 8.26. The fourth-order valence-electron chi connectivity index (χ4n) is 3.89. The molecule has 0 saturated carbocycles. The van der Waals surface area contributed by atoms with Gasteiger partial charge in [0.25, 0.3) is 0 Å². The van der Waals surface area contributed by atoms with Crippen molar-refractivity contribution in [2.75, 3.05) is 11.9 Å². The van der Waals surface area contributed by atoms with Crippen LogP contribution in [0.25, 0.3) is 0 Å². The molecule has 0 fully saturated rings. The smallest absolute Gasteiger partial charge is 0.226 e. The monoisotopic (exact) mass is 389 g/mol. The van der Waals surface area contributed by atoms with Crippen LogP contribution in [0.5, 0.6) is 0 Å². The molecule has 1 aliphatic heterocycles. The van der Waals surface area contributed by atoms with Crippen LogP contribution in [0.15, 0.2) is 61.2 Å². The molecule has 1 unspecified atom stereocenters. The predicted molar refractivity (Wildman–Crippen MR) is 109 cm³/mol. The van der Waals surface area contributed by atoms with Crippen LogP contribution >= 0.6 is 0 Å². The average molecular weight is 389 g/mol. The van der Waals surface area contributed by atoms with Gasteiger partial charge in [-0.05, 0) is 29.2 Å². The molecule has 29 heavy (non-hydrogen) atoms. The SMILES string of the molecule is CC(=O)N1CCc2ccccc2C1CC(=O)Nc1ccccc1Cn1cncn1. The molecule has 2 aromatic carbocycles. The number of para-hydroxylation sites is 1. The minimum Gasteiger partial charge on any atom is -0.335 e. The first-order valence-corrected chi connectivity index (χ1v) is 9.67. The third-order valence-corrected chi connectivity index (χ3v) is 5.29. The largest absolute Gasteiger partial charge is 0.335 e. The van der Waals surface area contributed by atoms with Gasteiger partial charge in [0.2, 0.25) is 11.8 Å². The summed E-state index contributed by atoms with van der Waals surface area (Å²) in [7, 11) is 0. The second-order valence-electron chi connectivity index (χ2n) is 7.18. The maximum atomic E-state index is 12.9. The van der Waals surface area contributed by atoms with Gasteiger partial charge in [0, 0.05) is 19.2 Å². The van der Waals surface area contributed by atoms with Crippen molar-refractivity contribution in [2.24, 2.45) is 0 Å². The van der Waals surface area contributed by atoms with Gasteiger partial charge in [-0.2, -0.15) is 5.10 Å². The Labute approximate surface area is 169 Å². The number of nitrogens with zero attached hydrogens (tertiary/aromatic N) is 4. The summed E-state index contributed by atoms with van der Waals surface area (Å²) >= 11 is 0. The van der Waals surface area contributed by atoms with Gasteiger partial charge >= 0.3 is 0 Å². The minimum absolute atomic E-state index is 0.0103. The van der Waals surface area contributed by atoms with Gasteiger partial charge in [-0.25, -0.2) is 9.67 Å². The van der Waals surface area contributed by atoms with Crippen molar-refractivity contribution in [3.63, 3.8) is 0 Å². The Morgan fingerprint density at radius 3 is 2.72 bits per heavy atom. The minimum atomic E-state index is -0.250. The zero-order valence-corrected chi connectivity index (χ0v) is 16.3. The van der Waals surface area contributed by atoms with Crippen molar-refractivity contribution in [2.45, 2.75) is 32.4 Å². The van der Waals surface area contributed by atoms with Crippen LogP contribution in [0.3, 0.4) is 0 Å². The van der Waals surface area contributed by atoms with E-state index < -0.39 is 0 Å². The van der Waals surface area contributed by atoms with E-state index in [0.717, 1.165) is 23.2 Å². The first-order chi connectivity index (χ1) is 14.1. The lowest BCUT2D eigenvalue weighted by molar-refractivity contribution is -0.132. The van der Waals surface area contributed by atoms with Crippen LogP contribution < -0.4 is 5.32 Å². The number of aromatic nitrogens is 3. The van der Waals surface area contributed by atoms with E-state index in [9.17, 15) is 9.59 Å². The fourth-order valence-corrected chi connectivity index (χ4v) is 3.89. The van der Waals surface area contributed by atoms with E-state index in [2.05, 4.69) is 21.5 Å². The van der Waals surface area contributed by atoms with Gasteiger partial charge < -0.3 is 10.2 Å². The number of hydrogen-bond acceptors (Lipinski definition) is 4. The van der Waals surface area contributed by atoms with Crippen LogP contribution in [0.1, 0.15) is 36.1 Å². The number of carbonyl (C=O) groups is 2. The second-order valence-corrected chi connectivity index (χ2v) is 7.18. The number of hydrogen-bond donors (Lipinski definition) is 1. The highest BCUT2D eigenvalue weighted by Crippen LogP contribution is 2.32. The maximum absolute atomic E-state index is 12.9. The van der Waals surface area contributed by atoms with Crippen molar-refractivity contribution >= 4 is 17.5 Å². The molecule has 1 aromatic heterocycles. The van der Waals surface area contributed by atoms with Gasteiger partial charge in [-0.1, -0.05) is 42.5 Å². The van der Waals surface area contributed by atoms with Gasteiger partial charge in [0.05, 0.1) is 19.0 Å². The van der Waals surface area contributed by atoms with E-state index >= 15 is 0 Å². The summed E-state index contributed by atoms with van der Waals surface area (Å²) in [6, 6.07) is 15.4. The van der Waals surface area contributed by atoms with Crippen LogP contribution in [-0.4, -0.2) is 38.0 Å².